The lowest BCUT2D eigenvalue weighted by Crippen LogP contribution is -2.08. The van der Waals surface area contributed by atoms with E-state index < -0.39 is 5.97 Å². The second kappa shape index (κ2) is 4.97. The number of methoxy groups -OCH3 is 1. The Morgan fingerprint density at radius 1 is 1.53 bits per heavy atom. The van der Waals surface area contributed by atoms with E-state index in [0.717, 1.165) is 11.4 Å². The molecule has 2 rings (SSSR count). The van der Waals surface area contributed by atoms with Gasteiger partial charge in [0, 0.05) is 13.2 Å². The lowest BCUT2D eigenvalue weighted by atomic mass is 10.2. The number of ether oxygens (including phenoxy) is 1. The Morgan fingerprint density at radius 3 is 2.84 bits per heavy atom. The van der Waals surface area contributed by atoms with Crippen LogP contribution in [0.1, 0.15) is 16.1 Å². The molecule has 0 aromatic carbocycles. The number of nitrogens with two attached hydrogens (primary N) is 1. The van der Waals surface area contributed by atoms with Crippen molar-refractivity contribution >= 4 is 23.2 Å². The van der Waals surface area contributed by atoms with Crippen molar-refractivity contribution in [1.29, 1.82) is 0 Å². The molecule has 0 spiro atoms. The highest BCUT2D eigenvalue weighted by atomic mass is 16.5. The fourth-order valence-corrected chi connectivity index (χ4v) is 1.70. The molecular weight excluding hydrogens is 246 g/mol. The second-order valence-corrected chi connectivity index (χ2v) is 4.08. The summed E-state index contributed by atoms with van der Waals surface area (Å²) in [7, 11) is 3.13. The fourth-order valence-electron chi connectivity index (χ4n) is 1.70. The number of nitrogens with one attached hydrogen (secondary N) is 1. The quantitative estimate of drug-likeness (QED) is 0.807. The number of anilines is 3. The van der Waals surface area contributed by atoms with Gasteiger partial charge in [-0.2, -0.15) is 5.10 Å². The predicted octanol–water partition coefficient (Wildman–Crippen LogP) is 1.24. The molecule has 3 N–H and O–H groups in total. The third-order valence-corrected chi connectivity index (χ3v) is 2.58. The van der Waals surface area contributed by atoms with Crippen molar-refractivity contribution < 1.29 is 9.53 Å². The topological polar surface area (TPSA) is 95.1 Å². The molecule has 0 bridgehead atoms. The first-order valence-electron chi connectivity index (χ1n) is 5.62. The number of carbonyl (C=O) groups excluding carboxylic acids is 1. The average Bonchev–Trinajstić information content (AvgIpc) is 2.69. The van der Waals surface area contributed by atoms with Crippen LogP contribution in [-0.4, -0.2) is 27.8 Å². The van der Waals surface area contributed by atoms with Crippen LogP contribution < -0.4 is 11.1 Å². The molecule has 7 heteroatoms. The fraction of sp³-hybridized carbons (Fsp3) is 0.250. The third-order valence-electron chi connectivity index (χ3n) is 2.58. The zero-order valence-corrected chi connectivity index (χ0v) is 11.0. The number of esters is 1. The Balaban J connectivity index is 2.39. The summed E-state index contributed by atoms with van der Waals surface area (Å²) < 4.78 is 6.38. The van der Waals surface area contributed by atoms with E-state index in [2.05, 4.69) is 15.4 Å². The van der Waals surface area contributed by atoms with Gasteiger partial charge in [-0.25, -0.2) is 9.78 Å². The summed E-state index contributed by atoms with van der Waals surface area (Å²) in [5, 5.41) is 7.26. The monoisotopic (exact) mass is 261 g/mol. The SMILES string of the molecule is COC(=O)c1cc(N)cnc1Nc1cn(C)nc1C. The van der Waals surface area contributed by atoms with Gasteiger partial charge in [-0.05, 0) is 13.0 Å². The summed E-state index contributed by atoms with van der Waals surface area (Å²) in [4.78, 5) is 15.8. The first-order valence-corrected chi connectivity index (χ1v) is 5.62. The van der Waals surface area contributed by atoms with Gasteiger partial charge in [0.1, 0.15) is 11.4 Å². The second-order valence-electron chi connectivity index (χ2n) is 4.08. The molecule has 100 valence electrons. The van der Waals surface area contributed by atoms with Gasteiger partial charge >= 0.3 is 5.97 Å². The Bertz CT molecular complexity index is 621. The maximum Gasteiger partial charge on any atom is 0.341 e. The number of aryl methyl sites for hydroxylation is 2. The van der Waals surface area contributed by atoms with Crippen LogP contribution in [0.25, 0.3) is 0 Å². The molecule has 2 heterocycles. The smallest absolute Gasteiger partial charge is 0.341 e. The number of aromatic nitrogens is 3. The summed E-state index contributed by atoms with van der Waals surface area (Å²) >= 11 is 0. The minimum atomic E-state index is -0.496. The Morgan fingerprint density at radius 2 is 2.26 bits per heavy atom. The van der Waals surface area contributed by atoms with Gasteiger partial charge in [0.15, 0.2) is 0 Å². The average molecular weight is 261 g/mol. The maximum atomic E-state index is 11.7. The summed E-state index contributed by atoms with van der Waals surface area (Å²) in [5.74, 6) is -0.110. The first-order chi connectivity index (χ1) is 9.01. The zero-order chi connectivity index (χ0) is 14.0. The number of hydrogen-bond donors (Lipinski definition) is 2. The number of pyridine rings is 1. The van der Waals surface area contributed by atoms with E-state index in [0.29, 0.717) is 11.5 Å². The van der Waals surface area contributed by atoms with Crippen LogP contribution in [0.5, 0.6) is 0 Å². The molecule has 0 aliphatic carbocycles. The first kappa shape index (κ1) is 12.9. The van der Waals surface area contributed by atoms with Crippen LogP contribution in [0, 0.1) is 6.92 Å². The molecule has 19 heavy (non-hydrogen) atoms. The van der Waals surface area contributed by atoms with E-state index in [1.807, 2.05) is 14.0 Å². The number of rotatable bonds is 3. The lowest BCUT2D eigenvalue weighted by Gasteiger charge is -2.09. The van der Waals surface area contributed by atoms with Crippen molar-refractivity contribution in [2.75, 3.05) is 18.2 Å². The molecule has 0 aliphatic heterocycles. The van der Waals surface area contributed by atoms with Crippen molar-refractivity contribution in [3.63, 3.8) is 0 Å². The van der Waals surface area contributed by atoms with Gasteiger partial charge in [0.2, 0.25) is 0 Å². The Hall–Kier alpha value is -2.57. The molecule has 0 saturated heterocycles. The predicted molar refractivity (Wildman–Crippen MR) is 71.2 cm³/mol. The number of nitrogens with zero attached hydrogens (tertiary/aromatic N) is 3. The van der Waals surface area contributed by atoms with Crippen molar-refractivity contribution in [1.82, 2.24) is 14.8 Å². The highest BCUT2D eigenvalue weighted by Crippen LogP contribution is 2.22. The van der Waals surface area contributed by atoms with Gasteiger partial charge < -0.3 is 15.8 Å². The maximum absolute atomic E-state index is 11.7. The van der Waals surface area contributed by atoms with Crippen molar-refractivity contribution in [3.05, 3.63) is 29.7 Å². The zero-order valence-electron chi connectivity index (χ0n) is 11.0. The number of nitrogen functional groups attached to an aromatic ring is 1. The minimum Gasteiger partial charge on any atom is -0.465 e. The normalized spacial score (nSPS) is 10.3. The number of hydrogen-bond acceptors (Lipinski definition) is 6. The van der Waals surface area contributed by atoms with E-state index in [4.69, 9.17) is 10.5 Å². The third kappa shape index (κ3) is 2.65. The molecule has 7 nitrogen and oxygen atoms in total. The highest BCUT2D eigenvalue weighted by Gasteiger charge is 2.15. The van der Waals surface area contributed by atoms with Crippen LogP contribution in [0.15, 0.2) is 18.5 Å². The Kier molecular flexibility index (Phi) is 3.37. The van der Waals surface area contributed by atoms with Gasteiger partial charge in [0.05, 0.1) is 30.4 Å². The van der Waals surface area contributed by atoms with Gasteiger partial charge in [-0.15, -0.1) is 0 Å². The van der Waals surface area contributed by atoms with Crippen LogP contribution in [0.3, 0.4) is 0 Å². The molecule has 2 aromatic heterocycles. The van der Waals surface area contributed by atoms with E-state index in [-0.39, 0.29) is 5.56 Å². The highest BCUT2D eigenvalue weighted by molar-refractivity contribution is 5.96. The van der Waals surface area contributed by atoms with E-state index in [1.54, 1.807) is 10.9 Å². The van der Waals surface area contributed by atoms with Crippen LogP contribution >= 0.6 is 0 Å². The van der Waals surface area contributed by atoms with Crippen molar-refractivity contribution in [2.24, 2.45) is 7.05 Å². The summed E-state index contributed by atoms with van der Waals surface area (Å²) in [6, 6.07) is 1.52. The van der Waals surface area contributed by atoms with Crippen LogP contribution in [0.2, 0.25) is 0 Å². The molecule has 0 amide bonds. The van der Waals surface area contributed by atoms with Crippen molar-refractivity contribution in [2.45, 2.75) is 6.92 Å². The van der Waals surface area contributed by atoms with E-state index in [9.17, 15) is 4.79 Å². The largest absolute Gasteiger partial charge is 0.465 e. The van der Waals surface area contributed by atoms with Crippen LogP contribution in [-0.2, 0) is 11.8 Å². The Labute approximate surface area is 110 Å². The molecular formula is C12H15N5O2. The summed E-state index contributed by atoms with van der Waals surface area (Å²) in [6.07, 6.45) is 3.27. The molecule has 0 radical (unpaired) electrons. The summed E-state index contributed by atoms with van der Waals surface area (Å²) in [5.41, 5.74) is 7.88. The van der Waals surface area contributed by atoms with Gasteiger partial charge in [-0.1, -0.05) is 0 Å². The summed E-state index contributed by atoms with van der Waals surface area (Å²) in [6.45, 7) is 1.86. The van der Waals surface area contributed by atoms with Gasteiger partial charge in [0.25, 0.3) is 0 Å². The van der Waals surface area contributed by atoms with Crippen LogP contribution in [0.4, 0.5) is 17.2 Å². The molecule has 0 saturated carbocycles. The molecule has 0 unspecified atom stereocenters. The molecule has 0 fully saturated rings. The lowest BCUT2D eigenvalue weighted by molar-refractivity contribution is 0.0601. The molecule has 0 atom stereocenters. The van der Waals surface area contributed by atoms with Gasteiger partial charge in [-0.3, -0.25) is 4.68 Å². The molecule has 0 aliphatic rings. The standard InChI is InChI=1S/C12H15N5O2/c1-7-10(6-17(2)16-7)15-11-9(12(18)19-3)4-8(13)5-14-11/h4-6H,13H2,1-3H3,(H,14,15). The molecule has 2 aromatic rings. The number of carbonyl (C=O) groups is 1. The van der Waals surface area contributed by atoms with E-state index in [1.165, 1.54) is 19.4 Å². The van der Waals surface area contributed by atoms with E-state index >= 15 is 0 Å². The minimum absolute atomic E-state index is 0.283. The van der Waals surface area contributed by atoms with Crippen molar-refractivity contribution in [3.8, 4) is 0 Å².